The van der Waals surface area contributed by atoms with Gasteiger partial charge in [0.15, 0.2) is 0 Å². The molecule has 426 valence electrons. The fourth-order valence-electron chi connectivity index (χ4n) is 16.8. The molecule has 0 saturated heterocycles. The zero-order valence-electron chi connectivity index (χ0n) is 52.0. The van der Waals surface area contributed by atoms with Crippen LogP contribution in [0.25, 0.3) is 149 Å². The number of rotatable bonds is 7. The minimum atomic E-state index is -0.125. The highest BCUT2D eigenvalue weighted by Crippen LogP contribution is 2.47. The van der Waals surface area contributed by atoms with Gasteiger partial charge in [-0.1, -0.05) is 170 Å². The van der Waals surface area contributed by atoms with E-state index in [0.29, 0.717) is 0 Å². The second-order valence-electron chi connectivity index (χ2n) is 26.0. The maximum absolute atomic E-state index is 2.68. The molecule has 16 aromatic rings. The fourth-order valence-corrected chi connectivity index (χ4v) is 16.8. The standard InChI is InChI=1S/C86H64BN3/c1-49-19-15-20-50(2)80(49)60-32-36-74-66(40-60)67-41-61(81-51(3)21-16-22-52(81)4)33-37-75(67)88(74)65-47-78-84-79(48-65)90-77-38-34-62(82-53(5)23-17-24-54(82)6)42-69(77)71-44-64(83-55(7)25-18-26-56(83)8)46-73(86(71)90)87(84)72-45-63(58-29-13-10-14-30-58)43-70-68-39-59(57-27-11-9-12-28-57)31-35-76(68)89(78)85(70)72/h9-48H,1-8H3. The van der Waals surface area contributed by atoms with E-state index in [-0.39, 0.29) is 6.71 Å². The predicted molar refractivity (Wildman–Crippen MR) is 385 cm³/mol. The highest BCUT2D eigenvalue weighted by atomic mass is 15.1. The number of hydrogen-bond donors (Lipinski definition) is 0. The lowest BCUT2D eigenvalue weighted by Gasteiger charge is -2.35. The third-order valence-corrected chi connectivity index (χ3v) is 20.6. The van der Waals surface area contributed by atoms with E-state index in [4.69, 9.17) is 0 Å². The van der Waals surface area contributed by atoms with Crippen LogP contribution in [0.2, 0.25) is 0 Å². The van der Waals surface area contributed by atoms with Gasteiger partial charge >= 0.3 is 0 Å². The third kappa shape index (κ3) is 7.48. The zero-order chi connectivity index (χ0) is 60.5. The smallest absolute Gasteiger partial charge is 0.252 e. The summed E-state index contributed by atoms with van der Waals surface area (Å²) in [6.07, 6.45) is 0. The van der Waals surface area contributed by atoms with Gasteiger partial charge in [0.2, 0.25) is 0 Å². The molecule has 0 atom stereocenters. The molecule has 2 aliphatic rings. The van der Waals surface area contributed by atoms with Crippen molar-refractivity contribution in [2.24, 2.45) is 0 Å². The van der Waals surface area contributed by atoms with Gasteiger partial charge in [0.1, 0.15) is 0 Å². The molecule has 2 aliphatic heterocycles. The maximum atomic E-state index is 2.68. The van der Waals surface area contributed by atoms with Crippen molar-refractivity contribution in [2.75, 3.05) is 0 Å². The lowest BCUT2D eigenvalue weighted by molar-refractivity contribution is 1.10. The molecule has 18 rings (SSSR count). The summed E-state index contributed by atoms with van der Waals surface area (Å²) in [4.78, 5) is 0. The molecule has 0 fully saturated rings. The molecular weight excluding hydrogens is 1090 g/mol. The maximum Gasteiger partial charge on any atom is 0.252 e. The van der Waals surface area contributed by atoms with E-state index in [2.05, 4.69) is 312 Å². The third-order valence-electron chi connectivity index (χ3n) is 20.6. The van der Waals surface area contributed by atoms with Crippen molar-refractivity contribution in [3.05, 3.63) is 287 Å². The Morgan fingerprint density at radius 2 is 0.544 bits per heavy atom. The van der Waals surface area contributed by atoms with Crippen LogP contribution >= 0.6 is 0 Å². The van der Waals surface area contributed by atoms with E-state index in [1.54, 1.807) is 0 Å². The van der Waals surface area contributed by atoms with E-state index in [9.17, 15) is 0 Å². The molecule has 0 spiro atoms. The molecule has 3 nitrogen and oxygen atoms in total. The summed E-state index contributed by atoms with van der Waals surface area (Å²) in [5.74, 6) is 0. The Bertz CT molecular complexity index is 5620. The van der Waals surface area contributed by atoms with Crippen LogP contribution < -0.4 is 16.4 Å². The minimum Gasteiger partial charge on any atom is -0.310 e. The Labute approximate surface area is 525 Å². The SMILES string of the molecule is Cc1cccc(C)c1-c1ccc2c(c1)c1cc(-c3c(C)cccc3C)ccc1n2-c1cc2c3c(c1)-n1c4ccc(-c5c(C)cccc5C)cc4c4cc(-c5c(C)cccc5C)cc(c41)B3c1cc(-c3ccccc3)cc3c4cc(-c5ccccc5)ccc4n-2c13. The molecule has 0 radical (unpaired) electrons. The summed E-state index contributed by atoms with van der Waals surface area (Å²) >= 11 is 0. The normalized spacial score (nSPS) is 12.4. The largest absolute Gasteiger partial charge is 0.310 e. The average Bonchev–Trinajstić information content (AvgIpc) is 1.43. The van der Waals surface area contributed by atoms with Crippen LogP contribution in [-0.4, -0.2) is 20.4 Å². The lowest BCUT2D eigenvalue weighted by atomic mass is 9.34. The van der Waals surface area contributed by atoms with Crippen molar-refractivity contribution >= 4 is 88.5 Å². The Morgan fingerprint density at radius 3 is 0.956 bits per heavy atom. The fraction of sp³-hybridized carbons (Fsp3) is 0.0930. The number of aromatic nitrogens is 3. The van der Waals surface area contributed by atoms with Crippen LogP contribution in [0.1, 0.15) is 44.5 Å². The van der Waals surface area contributed by atoms with Gasteiger partial charge < -0.3 is 13.7 Å². The molecular formula is C86H64BN3. The van der Waals surface area contributed by atoms with Gasteiger partial charge in [-0.25, -0.2) is 0 Å². The molecule has 5 heterocycles. The van der Waals surface area contributed by atoms with E-state index in [0.717, 1.165) is 5.69 Å². The van der Waals surface area contributed by atoms with E-state index < -0.39 is 0 Å². The first-order valence-corrected chi connectivity index (χ1v) is 31.8. The van der Waals surface area contributed by atoms with Gasteiger partial charge in [-0.2, -0.15) is 0 Å². The Hall–Kier alpha value is -10.7. The summed E-state index contributed by atoms with van der Waals surface area (Å²) < 4.78 is 7.93. The monoisotopic (exact) mass is 1150 g/mol. The number of hydrogen-bond acceptors (Lipinski definition) is 0. The van der Waals surface area contributed by atoms with Gasteiger partial charge in [0.25, 0.3) is 6.71 Å². The van der Waals surface area contributed by atoms with Crippen LogP contribution in [0.4, 0.5) is 0 Å². The second-order valence-corrected chi connectivity index (χ2v) is 26.0. The van der Waals surface area contributed by atoms with Crippen LogP contribution in [0, 0.1) is 55.4 Å². The minimum absolute atomic E-state index is 0.125. The first-order chi connectivity index (χ1) is 43.9. The van der Waals surface area contributed by atoms with Crippen LogP contribution in [0.15, 0.2) is 243 Å². The van der Waals surface area contributed by atoms with Gasteiger partial charge in [0.05, 0.1) is 27.8 Å². The van der Waals surface area contributed by atoms with Crippen molar-refractivity contribution in [3.8, 4) is 83.8 Å². The van der Waals surface area contributed by atoms with Gasteiger partial charge in [-0.15, -0.1) is 0 Å². The van der Waals surface area contributed by atoms with Gasteiger partial charge in [-0.3, -0.25) is 0 Å². The highest BCUT2D eigenvalue weighted by molar-refractivity contribution is 7.00. The number of nitrogens with zero attached hydrogens (tertiary/aromatic N) is 3. The average molecular weight is 1150 g/mol. The van der Waals surface area contributed by atoms with Crippen molar-refractivity contribution in [3.63, 3.8) is 0 Å². The summed E-state index contributed by atoms with van der Waals surface area (Å²) in [6.45, 7) is 18.0. The lowest BCUT2D eigenvalue weighted by Crippen LogP contribution is -2.59. The Balaban J connectivity index is 1.02. The summed E-state index contributed by atoms with van der Waals surface area (Å²) in [7, 11) is 0. The molecule has 0 amide bonds. The molecule has 0 N–H and O–H groups in total. The topological polar surface area (TPSA) is 14.8 Å². The Kier molecular flexibility index (Phi) is 11.3. The van der Waals surface area contributed by atoms with Crippen molar-refractivity contribution in [1.82, 2.24) is 13.7 Å². The van der Waals surface area contributed by atoms with E-state index in [1.165, 1.54) is 204 Å². The Morgan fingerprint density at radius 1 is 0.233 bits per heavy atom. The summed E-state index contributed by atoms with van der Waals surface area (Å²) in [6, 6.07) is 93.2. The van der Waals surface area contributed by atoms with Gasteiger partial charge in [0, 0.05) is 54.7 Å². The van der Waals surface area contributed by atoms with Crippen LogP contribution in [0.3, 0.4) is 0 Å². The van der Waals surface area contributed by atoms with Crippen molar-refractivity contribution in [2.45, 2.75) is 55.4 Å². The first-order valence-electron chi connectivity index (χ1n) is 31.8. The molecule has 0 bridgehead atoms. The molecule has 4 heteroatoms. The van der Waals surface area contributed by atoms with Crippen molar-refractivity contribution < 1.29 is 0 Å². The zero-order valence-corrected chi connectivity index (χ0v) is 52.0. The van der Waals surface area contributed by atoms with Crippen molar-refractivity contribution in [1.29, 1.82) is 0 Å². The number of benzene rings is 13. The van der Waals surface area contributed by atoms with Gasteiger partial charge in [-0.05, 0) is 256 Å². The van der Waals surface area contributed by atoms with E-state index in [1.807, 2.05) is 0 Å². The quantitative estimate of drug-likeness (QED) is 0.141. The van der Waals surface area contributed by atoms with Crippen LogP contribution in [-0.2, 0) is 0 Å². The highest BCUT2D eigenvalue weighted by Gasteiger charge is 2.42. The first kappa shape index (κ1) is 52.4. The second kappa shape index (κ2) is 19.4. The molecule has 0 aliphatic carbocycles. The molecule has 0 unspecified atom stereocenters. The van der Waals surface area contributed by atoms with Crippen LogP contribution in [0.5, 0.6) is 0 Å². The number of aryl methyl sites for hydroxylation is 8. The number of fused-ring (bicyclic) bond motifs is 13. The van der Waals surface area contributed by atoms with E-state index >= 15 is 0 Å². The predicted octanol–water partition coefficient (Wildman–Crippen LogP) is 20.6. The summed E-state index contributed by atoms with van der Waals surface area (Å²) in [5.41, 5.74) is 40.1. The molecule has 90 heavy (non-hydrogen) atoms. The summed E-state index contributed by atoms with van der Waals surface area (Å²) in [5, 5.41) is 7.51. The molecule has 0 saturated carbocycles. The molecule has 3 aromatic heterocycles. The molecule has 13 aromatic carbocycles.